The second-order valence-corrected chi connectivity index (χ2v) is 16.7. The summed E-state index contributed by atoms with van der Waals surface area (Å²) in [6.07, 6.45) is 4.38. The Kier molecular flexibility index (Phi) is 10.3. The molecule has 0 saturated heterocycles. The van der Waals surface area contributed by atoms with Gasteiger partial charge in [0.05, 0.1) is 31.0 Å². The van der Waals surface area contributed by atoms with Crippen molar-refractivity contribution >= 4 is 97.2 Å². The molecule has 6 rings (SSSR count). The van der Waals surface area contributed by atoms with Crippen molar-refractivity contribution in [3.8, 4) is 11.5 Å². The van der Waals surface area contributed by atoms with Crippen LogP contribution in [0.4, 0.5) is 22.7 Å². The van der Waals surface area contributed by atoms with Crippen LogP contribution in [-0.4, -0.2) is 72.1 Å². The number of pyridine rings is 2. The molecule has 4 aromatic carbocycles. The van der Waals surface area contributed by atoms with Crippen LogP contribution in [0.15, 0.2) is 125 Å². The zero-order chi connectivity index (χ0) is 40.8. The first-order chi connectivity index (χ1) is 26.1. The van der Waals surface area contributed by atoms with Gasteiger partial charge in [-0.25, -0.2) is 33.7 Å². The minimum absolute atomic E-state index is 0.198. The quantitative estimate of drug-likeness (QED) is 0.106. The van der Waals surface area contributed by atoms with Gasteiger partial charge in [-0.2, -0.15) is 10.2 Å². The molecule has 0 radical (unpaired) electrons. The van der Waals surface area contributed by atoms with Crippen molar-refractivity contribution in [2.45, 2.75) is 19.6 Å². The highest BCUT2D eigenvalue weighted by Crippen LogP contribution is 2.40. The molecule has 2 heterocycles. The Balaban J connectivity index is 1.35. The molecule has 288 valence electrons. The largest absolute Gasteiger partial charge is 0.744 e. The van der Waals surface area contributed by atoms with Gasteiger partial charge in [0.15, 0.2) is 11.5 Å². The average Bonchev–Trinajstić information content (AvgIpc) is 3.12. The van der Waals surface area contributed by atoms with Crippen LogP contribution in [0, 0.1) is 0 Å². The number of phenols is 2. The molecule has 2 N–H and O–H groups in total. The fraction of sp³-hybridized carbons (Fsp3) is 0. The van der Waals surface area contributed by atoms with Crippen molar-refractivity contribution < 1.29 is 62.1 Å². The number of phenolic OH excluding ortho intramolecular Hbond substituents is 2. The number of benzene rings is 4. The molecule has 0 unspecified atom stereocenters. The molecule has 0 aliphatic heterocycles. The van der Waals surface area contributed by atoms with Crippen LogP contribution in [0.25, 0.3) is 34.0 Å². The summed E-state index contributed by atoms with van der Waals surface area (Å²) in [7, 11) is -20.8. The Bertz CT molecular complexity index is 2960. The van der Waals surface area contributed by atoms with Crippen molar-refractivity contribution in [3.63, 3.8) is 0 Å². The molecule has 0 aliphatic rings. The highest BCUT2D eigenvalue weighted by molar-refractivity contribution is 7.86. The fourth-order valence-corrected chi connectivity index (χ4v) is 7.98. The van der Waals surface area contributed by atoms with Crippen LogP contribution in [0.5, 0.6) is 11.5 Å². The van der Waals surface area contributed by atoms with Crippen molar-refractivity contribution in [1.29, 1.82) is 0 Å². The van der Waals surface area contributed by atoms with Gasteiger partial charge in [0.1, 0.15) is 62.9 Å². The Morgan fingerprint density at radius 2 is 0.839 bits per heavy atom. The molecule has 20 nitrogen and oxygen atoms in total. The van der Waals surface area contributed by atoms with Crippen LogP contribution in [-0.2, 0) is 40.5 Å². The zero-order valence-electron chi connectivity index (χ0n) is 27.3. The molecule has 0 aliphatic carbocycles. The summed E-state index contributed by atoms with van der Waals surface area (Å²) < 4.78 is 145. The van der Waals surface area contributed by atoms with Gasteiger partial charge in [0, 0.05) is 23.2 Å². The van der Waals surface area contributed by atoms with Crippen LogP contribution in [0.3, 0.4) is 0 Å². The van der Waals surface area contributed by atoms with E-state index in [-0.39, 0.29) is 44.3 Å². The Labute approximate surface area is 315 Å². The van der Waals surface area contributed by atoms with E-state index in [1.165, 1.54) is 36.7 Å². The molecule has 2 aromatic heterocycles. The maximum absolute atomic E-state index is 12.2. The van der Waals surface area contributed by atoms with Crippen molar-refractivity contribution in [3.05, 3.63) is 96.3 Å². The normalized spacial score (nSPS) is 13.1. The third-order valence-electron chi connectivity index (χ3n) is 7.68. The summed E-state index contributed by atoms with van der Waals surface area (Å²) in [5, 5.41) is 35.7. The number of rotatable bonds is 10. The van der Waals surface area contributed by atoms with E-state index in [0.29, 0.717) is 0 Å². The molecule has 0 spiro atoms. The number of aromatic hydroxyl groups is 2. The first-order valence-corrected chi connectivity index (χ1v) is 20.6. The van der Waals surface area contributed by atoms with Crippen LogP contribution in [0.1, 0.15) is 11.1 Å². The summed E-state index contributed by atoms with van der Waals surface area (Å²) in [5.74, 6) is -1.34. The van der Waals surface area contributed by atoms with E-state index in [1.54, 1.807) is 0 Å². The second kappa shape index (κ2) is 14.5. The van der Waals surface area contributed by atoms with E-state index >= 15 is 0 Å². The minimum atomic E-state index is -5.29. The lowest BCUT2D eigenvalue weighted by molar-refractivity contribution is 0.460. The molecule has 6 aromatic rings. The van der Waals surface area contributed by atoms with Crippen LogP contribution in [0.2, 0.25) is 0 Å². The summed E-state index contributed by atoms with van der Waals surface area (Å²) in [6, 6.07) is 12.4. The molecule has 0 saturated carbocycles. The van der Waals surface area contributed by atoms with Gasteiger partial charge in [-0.05, 0) is 71.8 Å². The maximum Gasteiger partial charge on any atom is 0.169 e. The van der Waals surface area contributed by atoms with Crippen molar-refractivity contribution in [2.24, 2.45) is 20.5 Å². The highest BCUT2D eigenvalue weighted by atomic mass is 32.2. The lowest BCUT2D eigenvalue weighted by atomic mass is 10.1. The van der Waals surface area contributed by atoms with Gasteiger partial charge in [0.25, 0.3) is 0 Å². The third-order valence-corrected chi connectivity index (χ3v) is 11.2. The van der Waals surface area contributed by atoms with Crippen molar-refractivity contribution in [2.75, 3.05) is 0 Å². The molecule has 24 heteroatoms. The average molecular weight is 839 g/mol. The molecular formula is C32H18N6O14S4-4. The molecular weight excluding hydrogens is 821 g/mol. The van der Waals surface area contributed by atoms with E-state index in [4.69, 9.17) is 0 Å². The number of nitrogens with zero attached hydrogens (tertiary/aromatic N) is 6. The predicted molar refractivity (Wildman–Crippen MR) is 189 cm³/mol. The summed E-state index contributed by atoms with van der Waals surface area (Å²) in [6.45, 7) is 0. The van der Waals surface area contributed by atoms with Gasteiger partial charge in [-0.1, -0.05) is 24.3 Å². The topological polar surface area (TPSA) is 344 Å². The van der Waals surface area contributed by atoms with E-state index < -0.39 is 82.9 Å². The maximum atomic E-state index is 12.2. The first-order valence-electron chi connectivity index (χ1n) is 15.0. The van der Waals surface area contributed by atoms with E-state index in [2.05, 4.69) is 30.4 Å². The molecule has 0 bridgehead atoms. The Morgan fingerprint density at radius 1 is 0.482 bits per heavy atom. The summed E-state index contributed by atoms with van der Waals surface area (Å²) in [5.41, 5.74) is -2.94. The van der Waals surface area contributed by atoms with Gasteiger partial charge in [-0.15, -0.1) is 10.2 Å². The molecule has 0 amide bonds. The van der Waals surface area contributed by atoms with E-state index in [1.807, 2.05) is 0 Å². The minimum Gasteiger partial charge on any atom is -0.744 e. The van der Waals surface area contributed by atoms with E-state index in [9.17, 15) is 62.1 Å². The second-order valence-electron chi connectivity index (χ2n) is 11.3. The van der Waals surface area contributed by atoms with Crippen molar-refractivity contribution in [1.82, 2.24) is 9.97 Å². The van der Waals surface area contributed by atoms with Gasteiger partial charge in [0.2, 0.25) is 0 Å². The monoisotopic (exact) mass is 838 g/mol. The summed E-state index contributed by atoms with van der Waals surface area (Å²) >= 11 is 0. The summed E-state index contributed by atoms with van der Waals surface area (Å²) in [4.78, 5) is 4.35. The standard InChI is InChI=1S/C32H22N6O14S4/c39-31-23(15-27(55(47,48)49)21-3-1-11-33-29(21)31)37-35-19-9-7-17(25(13-19)53(41,42)43)5-6-18-8-10-20(14-26(18)54(44,45)46)36-38-24-16-28(56(50,51)52)22-4-2-12-34-30(22)32(24)40/h1-16,39-40H,(H,41,42,43)(H,44,45,46)(H,47,48,49)(H,50,51,52)/p-4/b6-5+,37-35?,38-36?. The number of aromatic nitrogens is 2. The number of hydrogen-bond donors (Lipinski definition) is 2. The molecule has 56 heavy (non-hydrogen) atoms. The van der Waals surface area contributed by atoms with Crippen LogP contribution >= 0.6 is 0 Å². The third kappa shape index (κ3) is 8.26. The number of fused-ring (bicyclic) bond motifs is 2. The smallest absolute Gasteiger partial charge is 0.169 e. The van der Waals surface area contributed by atoms with Gasteiger partial charge in [-0.3, -0.25) is 9.97 Å². The lowest BCUT2D eigenvalue weighted by Gasteiger charge is -2.13. The lowest BCUT2D eigenvalue weighted by Crippen LogP contribution is -2.02. The highest BCUT2D eigenvalue weighted by Gasteiger charge is 2.18. The fourth-order valence-electron chi connectivity index (χ4n) is 5.22. The van der Waals surface area contributed by atoms with Gasteiger partial charge >= 0.3 is 0 Å². The van der Waals surface area contributed by atoms with Gasteiger partial charge < -0.3 is 28.4 Å². The zero-order valence-corrected chi connectivity index (χ0v) is 30.6. The Hall–Kier alpha value is -6.12. The molecule has 0 fully saturated rings. The number of azo groups is 2. The molecule has 0 atom stereocenters. The predicted octanol–water partition coefficient (Wildman–Crippen LogP) is 4.81. The number of hydrogen-bond acceptors (Lipinski definition) is 20. The SMILES string of the molecule is O=S(=O)([O-])c1cc(N=Nc2cc(S(=O)(=O)[O-])c3cccnc3c2O)ccc1/C=C/c1ccc(N=Nc2cc(S(=O)(=O)[O-])c3cccnc3c2O)cc1S(=O)(=O)[O-]. The first kappa shape index (κ1) is 39.6. The Morgan fingerprint density at radius 3 is 1.18 bits per heavy atom. The van der Waals surface area contributed by atoms with E-state index in [0.717, 1.165) is 60.7 Å². The van der Waals surface area contributed by atoms with Crippen LogP contribution < -0.4 is 0 Å².